The van der Waals surface area contributed by atoms with E-state index in [1.807, 2.05) is 43.3 Å². The topological polar surface area (TPSA) is 54.0 Å². The molecule has 31 heavy (non-hydrogen) atoms. The number of methoxy groups -OCH3 is 2. The molecule has 5 nitrogen and oxygen atoms in total. The van der Waals surface area contributed by atoms with Crippen LogP contribution in [-0.2, 0) is 20.7 Å². The maximum absolute atomic E-state index is 12.7. The number of fused-ring (bicyclic) bond motifs is 1. The third-order valence-corrected chi connectivity index (χ3v) is 5.02. The quantitative estimate of drug-likeness (QED) is 0.264. The highest BCUT2D eigenvalue weighted by molar-refractivity contribution is 6.21. The summed E-state index contributed by atoms with van der Waals surface area (Å²) in [5.41, 5.74) is 3.47. The van der Waals surface area contributed by atoms with E-state index in [2.05, 4.69) is 18.2 Å². The molecule has 3 aromatic carbocycles. The first-order valence-electron chi connectivity index (χ1n) is 10.3. The molecule has 0 radical (unpaired) electrons. The summed E-state index contributed by atoms with van der Waals surface area (Å²) in [4.78, 5) is 12.7. The Hall–Kier alpha value is -3.31. The molecule has 0 aromatic heterocycles. The Kier molecular flexibility index (Phi) is 7.68. The van der Waals surface area contributed by atoms with Crippen LogP contribution < -0.4 is 9.47 Å². The van der Waals surface area contributed by atoms with Crippen molar-refractivity contribution in [2.24, 2.45) is 0 Å². The van der Waals surface area contributed by atoms with Crippen molar-refractivity contribution in [1.29, 1.82) is 0 Å². The molecule has 0 aliphatic heterocycles. The van der Waals surface area contributed by atoms with E-state index >= 15 is 0 Å². The number of benzene rings is 3. The van der Waals surface area contributed by atoms with Gasteiger partial charge in [-0.1, -0.05) is 54.6 Å². The van der Waals surface area contributed by atoms with E-state index in [1.54, 1.807) is 27.2 Å². The first-order chi connectivity index (χ1) is 15.1. The van der Waals surface area contributed by atoms with Crippen molar-refractivity contribution in [3.05, 3.63) is 77.4 Å². The zero-order chi connectivity index (χ0) is 22.2. The number of carbonyl (C=O) groups excluding carboxylic acids is 1. The fraction of sp³-hybridized carbons (Fsp3) is 0.269. The highest BCUT2D eigenvalue weighted by atomic mass is 16.7. The maximum Gasteiger partial charge on any atom is 0.338 e. The molecule has 3 aromatic rings. The van der Waals surface area contributed by atoms with E-state index < -0.39 is 0 Å². The number of carbonyl (C=O) groups is 1. The Morgan fingerprint density at radius 2 is 1.81 bits per heavy atom. The van der Waals surface area contributed by atoms with Gasteiger partial charge in [0, 0.05) is 18.1 Å². The Morgan fingerprint density at radius 1 is 1.03 bits per heavy atom. The fourth-order valence-electron chi connectivity index (χ4n) is 3.68. The van der Waals surface area contributed by atoms with Crippen LogP contribution in [0.5, 0.6) is 11.5 Å². The molecule has 0 unspecified atom stereocenters. The third-order valence-electron chi connectivity index (χ3n) is 5.02. The monoisotopic (exact) mass is 420 g/mol. The molecule has 0 saturated heterocycles. The first-order valence-corrected chi connectivity index (χ1v) is 10.3. The van der Waals surface area contributed by atoms with E-state index in [-0.39, 0.29) is 12.8 Å². The van der Waals surface area contributed by atoms with Crippen molar-refractivity contribution in [3.63, 3.8) is 0 Å². The predicted octanol–water partition coefficient (Wildman–Crippen LogP) is 5.39. The molecule has 0 bridgehead atoms. The highest BCUT2D eigenvalue weighted by Gasteiger charge is 2.22. The van der Waals surface area contributed by atoms with Crippen molar-refractivity contribution in [2.45, 2.75) is 20.3 Å². The minimum Gasteiger partial charge on any atom is -0.493 e. The lowest BCUT2D eigenvalue weighted by Gasteiger charge is -2.19. The summed E-state index contributed by atoms with van der Waals surface area (Å²) in [6.07, 6.45) is 2.48. The van der Waals surface area contributed by atoms with E-state index in [4.69, 9.17) is 18.9 Å². The minimum absolute atomic E-state index is 0.0822. The summed E-state index contributed by atoms with van der Waals surface area (Å²) in [6.45, 7) is 4.01. The third kappa shape index (κ3) is 4.89. The van der Waals surface area contributed by atoms with E-state index in [1.165, 1.54) is 5.56 Å². The minimum atomic E-state index is -0.368. The van der Waals surface area contributed by atoms with Crippen LogP contribution in [0.1, 0.15) is 30.5 Å². The lowest BCUT2D eigenvalue weighted by molar-refractivity contribution is -0.136. The van der Waals surface area contributed by atoms with Gasteiger partial charge in [-0.25, -0.2) is 4.79 Å². The number of rotatable bonds is 9. The van der Waals surface area contributed by atoms with Gasteiger partial charge in [0.15, 0.2) is 18.3 Å². The molecular formula is C26H28O5. The molecule has 0 aliphatic carbocycles. The van der Waals surface area contributed by atoms with Gasteiger partial charge in [-0.05, 0) is 42.8 Å². The molecule has 5 heteroatoms. The molecule has 0 heterocycles. The zero-order valence-corrected chi connectivity index (χ0v) is 18.4. The van der Waals surface area contributed by atoms with Gasteiger partial charge in [0.25, 0.3) is 0 Å². The van der Waals surface area contributed by atoms with Gasteiger partial charge >= 0.3 is 5.97 Å². The molecule has 0 aliphatic rings. The predicted molar refractivity (Wildman–Crippen MR) is 123 cm³/mol. The summed E-state index contributed by atoms with van der Waals surface area (Å²) < 4.78 is 22.1. The van der Waals surface area contributed by atoms with Crippen LogP contribution in [0.4, 0.5) is 0 Å². The summed E-state index contributed by atoms with van der Waals surface area (Å²) >= 11 is 0. The van der Waals surface area contributed by atoms with Crippen molar-refractivity contribution < 1.29 is 23.7 Å². The van der Waals surface area contributed by atoms with Gasteiger partial charge in [-0.3, -0.25) is 0 Å². The molecule has 0 saturated carbocycles. The lowest BCUT2D eigenvalue weighted by atomic mass is 9.91. The molecule has 0 spiro atoms. The van der Waals surface area contributed by atoms with Gasteiger partial charge in [-0.15, -0.1) is 0 Å². The SMILES string of the molecule is C/C=C(/C(=O)OCC)c1cc(OC)c(OCOC)c2c(Cc3ccccc3)cccc12. The van der Waals surface area contributed by atoms with Gasteiger partial charge in [0.2, 0.25) is 0 Å². The van der Waals surface area contributed by atoms with Crippen LogP contribution in [0.15, 0.2) is 60.7 Å². The van der Waals surface area contributed by atoms with Crippen molar-refractivity contribution in [1.82, 2.24) is 0 Å². The average Bonchev–Trinajstić information content (AvgIpc) is 2.79. The Balaban J connectivity index is 2.29. The molecule has 0 N–H and O–H groups in total. The lowest BCUT2D eigenvalue weighted by Crippen LogP contribution is -2.09. The summed E-state index contributed by atoms with van der Waals surface area (Å²) in [5, 5.41) is 1.78. The van der Waals surface area contributed by atoms with Gasteiger partial charge in [0.05, 0.1) is 19.3 Å². The van der Waals surface area contributed by atoms with E-state index in [0.717, 1.165) is 21.9 Å². The number of hydrogen-bond donors (Lipinski definition) is 0. The van der Waals surface area contributed by atoms with Crippen molar-refractivity contribution in [2.75, 3.05) is 27.6 Å². The number of allylic oxidation sites excluding steroid dienone is 1. The van der Waals surface area contributed by atoms with Gasteiger partial charge in [-0.2, -0.15) is 0 Å². The van der Waals surface area contributed by atoms with E-state index in [9.17, 15) is 4.79 Å². The van der Waals surface area contributed by atoms with Crippen molar-refractivity contribution in [3.8, 4) is 11.5 Å². The second kappa shape index (κ2) is 10.6. The zero-order valence-electron chi connectivity index (χ0n) is 18.4. The Bertz CT molecular complexity index is 1070. The Morgan fingerprint density at radius 3 is 2.45 bits per heavy atom. The molecule has 0 atom stereocenters. The van der Waals surface area contributed by atoms with E-state index in [0.29, 0.717) is 30.1 Å². The standard InChI is InChI=1S/C26H28O5/c1-5-20(26(27)30-6-2)22-16-23(29-4)25(31-17-28-3)24-19(13-10-14-21(22)24)15-18-11-8-7-9-12-18/h5,7-14,16H,6,15,17H2,1-4H3/b20-5+. The molecule has 0 amide bonds. The van der Waals surface area contributed by atoms with Crippen LogP contribution in [0.3, 0.4) is 0 Å². The van der Waals surface area contributed by atoms with Crippen molar-refractivity contribution >= 4 is 22.3 Å². The maximum atomic E-state index is 12.7. The summed E-state index contributed by atoms with van der Waals surface area (Å²) in [7, 11) is 3.16. The number of ether oxygens (including phenoxy) is 4. The first kappa shape index (κ1) is 22.4. The normalized spacial score (nSPS) is 11.4. The summed E-state index contributed by atoms with van der Waals surface area (Å²) in [6, 6.07) is 18.1. The summed E-state index contributed by atoms with van der Waals surface area (Å²) in [5.74, 6) is 0.755. The molecular weight excluding hydrogens is 392 g/mol. The number of esters is 1. The molecule has 3 rings (SSSR count). The smallest absolute Gasteiger partial charge is 0.338 e. The molecule has 162 valence electrons. The molecule has 0 fully saturated rings. The van der Waals surface area contributed by atoms with Crippen LogP contribution in [0.25, 0.3) is 16.3 Å². The van der Waals surface area contributed by atoms with Crippen LogP contribution in [-0.4, -0.2) is 33.6 Å². The van der Waals surface area contributed by atoms with Gasteiger partial charge in [0.1, 0.15) is 0 Å². The average molecular weight is 421 g/mol. The highest BCUT2D eigenvalue weighted by Crippen LogP contribution is 2.43. The van der Waals surface area contributed by atoms with Crippen LogP contribution in [0.2, 0.25) is 0 Å². The number of hydrogen-bond acceptors (Lipinski definition) is 5. The second-order valence-electron chi connectivity index (χ2n) is 6.93. The second-order valence-corrected chi connectivity index (χ2v) is 6.93. The fourth-order valence-corrected chi connectivity index (χ4v) is 3.68. The Labute approximate surface area is 183 Å². The van der Waals surface area contributed by atoms with Gasteiger partial charge < -0.3 is 18.9 Å². The largest absolute Gasteiger partial charge is 0.493 e. The van der Waals surface area contributed by atoms with Crippen LogP contribution >= 0.6 is 0 Å². The van der Waals surface area contributed by atoms with Crippen LogP contribution in [0, 0.1) is 0 Å².